The maximum absolute atomic E-state index is 14.9. The molecule has 236 valence electrons. The van der Waals surface area contributed by atoms with Crippen molar-refractivity contribution in [1.29, 1.82) is 0 Å². The van der Waals surface area contributed by atoms with Crippen LogP contribution in [0.2, 0.25) is 0 Å². The standard InChI is InChI=1S/C28H26F7N5O4/c1-25(2,3)44-24(41)36-19-13-17(27(30,31)32)21-37-20(19)22-38-39-23(43-22)26(42,28(33,34)35)16-12-14(9-10-18(16)29)6-4-7-15-8-5-11-40(15)21/h4,6,9-10,12-13,15,42H,5,7-8,11H2,1-3H3,(H,36,41)/b6-4-/t15-,26?/m1/s1. The highest BCUT2D eigenvalue weighted by atomic mass is 19.4. The molecule has 1 unspecified atom stereocenters. The van der Waals surface area contributed by atoms with Crippen molar-refractivity contribution in [2.24, 2.45) is 0 Å². The number of aliphatic hydroxyl groups is 1. The number of amides is 1. The molecule has 2 atom stereocenters. The van der Waals surface area contributed by atoms with Crippen LogP contribution in [-0.2, 0) is 16.5 Å². The maximum Gasteiger partial charge on any atom is 0.430 e. The molecule has 0 spiro atoms. The van der Waals surface area contributed by atoms with Crippen molar-refractivity contribution in [1.82, 2.24) is 15.2 Å². The van der Waals surface area contributed by atoms with Crippen LogP contribution in [0.15, 0.2) is 34.8 Å². The Balaban J connectivity index is 1.80. The lowest BCUT2D eigenvalue weighted by Gasteiger charge is -2.29. The summed E-state index contributed by atoms with van der Waals surface area (Å²) in [7, 11) is 0. The van der Waals surface area contributed by atoms with Crippen molar-refractivity contribution in [3.05, 3.63) is 58.7 Å². The molecule has 16 heteroatoms. The summed E-state index contributed by atoms with van der Waals surface area (Å²) < 4.78 is 112. The molecule has 1 saturated heterocycles. The number of hydrogen-bond donors (Lipinski definition) is 2. The largest absolute Gasteiger partial charge is 0.444 e. The third-order valence-corrected chi connectivity index (χ3v) is 7.04. The SMILES string of the molecule is CC(C)(C)OC(=O)Nc1cc(C(F)(F)F)c2nc1-c1nnc(o1)C(O)(C(F)(F)F)c1cc(ccc1F)/C=C\C[C@@H]1CCCN21. The molecule has 0 radical (unpaired) electrons. The van der Waals surface area contributed by atoms with Crippen molar-refractivity contribution < 1.29 is 49.8 Å². The van der Waals surface area contributed by atoms with Crippen molar-refractivity contribution in [3.63, 3.8) is 0 Å². The predicted octanol–water partition coefficient (Wildman–Crippen LogP) is 6.82. The first-order valence-corrected chi connectivity index (χ1v) is 13.4. The fourth-order valence-electron chi connectivity index (χ4n) is 5.10. The smallest absolute Gasteiger partial charge is 0.430 e. The Morgan fingerprint density at radius 1 is 1.14 bits per heavy atom. The van der Waals surface area contributed by atoms with Crippen LogP contribution in [0, 0.1) is 5.82 Å². The Kier molecular flexibility index (Phi) is 7.63. The minimum atomic E-state index is -5.60. The van der Waals surface area contributed by atoms with E-state index in [1.54, 1.807) is 0 Å². The van der Waals surface area contributed by atoms with Crippen molar-refractivity contribution in [2.45, 2.75) is 69.6 Å². The number of carbonyl (C=O) groups is 1. The van der Waals surface area contributed by atoms with E-state index in [-0.39, 0.29) is 18.5 Å². The van der Waals surface area contributed by atoms with Crippen LogP contribution in [0.25, 0.3) is 17.7 Å². The zero-order valence-electron chi connectivity index (χ0n) is 23.5. The normalized spacial score (nSPS) is 21.2. The minimum Gasteiger partial charge on any atom is -0.444 e. The summed E-state index contributed by atoms with van der Waals surface area (Å²) in [6.07, 6.45) is -7.76. The third kappa shape index (κ3) is 5.81. The summed E-state index contributed by atoms with van der Waals surface area (Å²) in [5.41, 5.74) is -8.96. The summed E-state index contributed by atoms with van der Waals surface area (Å²) >= 11 is 0. The summed E-state index contributed by atoms with van der Waals surface area (Å²) in [5.74, 6) is -4.43. The van der Waals surface area contributed by atoms with Gasteiger partial charge in [-0.25, -0.2) is 14.2 Å². The molecule has 5 rings (SSSR count). The van der Waals surface area contributed by atoms with E-state index < -0.39 is 81.6 Å². The number of anilines is 2. The third-order valence-electron chi connectivity index (χ3n) is 7.04. The lowest BCUT2D eigenvalue weighted by molar-refractivity contribution is -0.256. The topological polar surface area (TPSA) is 114 Å². The molecular formula is C28H26F7N5O4. The molecule has 1 amide bonds. The van der Waals surface area contributed by atoms with Gasteiger partial charge in [-0.1, -0.05) is 18.2 Å². The van der Waals surface area contributed by atoms with Crippen LogP contribution in [0.5, 0.6) is 0 Å². The molecule has 9 nitrogen and oxygen atoms in total. The molecule has 6 bridgehead atoms. The summed E-state index contributed by atoms with van der Waals surface area (Å²) in [6, 6.07) is 2.72. The van der Waals surface area contributed by atoms with Crippen LogP contribution in [0.3, 0.4) is 0 Å². The number of fused-ring (bicyclic) bond motifs is 9. The lowest BCUT2D eigenvalue weighted by Crippen LogP contribution is -2.44. The van der Waals surface area contributed by atoms with E-state index in [2.05, 4.69) is 20.5 Å². The van der Waals surface area contributed by atoms with Gasteiger partial charge in [0.25, 0.3) is 17.4 Å². The molecule has 2 aromatic heterocycles. The van der Waals surface area contributed by atoms with Gasteiger partial charge in [0.15, 0.2) is 5.69 Å². The number of nitrogens with one attached hydrogen (secondary N) is 1. The van der Waals surface area contributed by atoms with Crippen LogP contribution in [-0.4, -0.2) is 50.7 Å². The number of nitrogens with zero attached hydrogens (tertiary/aromatic N) is 4. The van der Waals surface area contributed by atoms with Gasteiger partial charge in [-0.2, -0.15) is 26.3 Å². The van der Waals surface area contributed by atoms with E-state index in [0.717, 1.165) is 12.1 Å². The van der Waals surface area contributed by atoms with Gasteiger partial charge in [-0.3, -0.25) is 5.32 Å². The second kappa shape index (κ2) is 10.7. The number of hydrogen-bond acceptors (Lipinski definition) is 8. The highest BCUT2D eigenvalue weighted by Crippen LogP contribution is 2.47. The van der Waals surface area contributed by atoms with E-state index in [1.807, 2.05) is 0 Å². The molecule has 2 aliphatic heterocycles. The molecule has 0 aliphatic carbocycles. The number of rotatable bonds is 1. The predicted molar refractivity (Wildman–Crippen MR) is 142 cm³/mol. The zero-order valence-corrected chi connectivity index (χ0v) is 23.5. The first kappa shape index (κ1) is 31.2. The summed E-state index contributed by atoms with van der Waals surface area (Å²) in [5, 5.41) is 20.0. The number of benzene rings is 1. The summed E-state index contributed by atoms with van der Waals surface area (Å²) in [6.45, 7) is 4.67. The minimum absolute atomic E-state index is 0.0711. The van der Waals surface area contributed by atoms with Gasteiger partial charge >= 0.3 is 18.4 Å². The number of halogens is 7. The monoisotopic (exact) mass is 629 g/mol. The molecule has 4 heterocycles. The van der Waals surface area contributed by atoms with Crippen LogP contribution < -0.4 is 10.2 Å². The van der Waals surface area contributed by atoms with Gasteiger partial charge in [-0.05, 0) is 63.8 Å². The average molecular weight is 630 g/mol. The maximum atomic E-state index is 14.9. The fraction of sp³-hybridized carbons (Fsp3) is 0.429. The molecule has 1 fully saturated rings. The Hall–Kier alpha value is -4.21. The van der Waals surface area contributed by atoms with E-state index in [4.69, 9.17) is 9.15 Å². The molecule has 1 aromatic carbocycles. The molecule has 0 saturated carbocycles. The number of alkyl halides is 6. The zero-order chi connectivity index (χ0) is 32.2. The first-order chi connectivity index (χ1) is 20.4. The quantitative estimate of drug-likeness (QED) is 0.282. The Labute approximate surface area is 245 Å². The number of aromatic nitrogens is 3. The molecule has 2 aliphatic rings. The van der Waals surface area contributed by atoms with Gasteiger partial charge in [-0.15, -0.1) is 10.2 Å². The lowest BCUT2D eigenvalue weighted by atomic mass is 9.90. The highest BCUT2D eigenvalue weighted by Gasteiger charge is 2.61. The van der Waals surface area contributed by atoms with E-state index in [0.29, 0.717) is 18.9 Å². The first-order valence-electron chi connectivity index (χ1n) is 13.4. The average Bonchev–Trinajstić information content (AvgIpc) is 3.56. The van der Waals surface area contributed by atoms with Gasteiger partial charge < -0.3 is 19.2 Å². The van der Waals surface area contributed by atoms with E-state index in [1.165, 1.54) is 43.9 Å². The van der Waals surface area contributed by atoms with Crippen molar-refractivity contribution in [2.75, 3.05) is 16.8 Å². The van der Waals surface area contributed by atoms with Crippen molar-refractivity contribution in [3.8, 4) is 11.6 Å². The molecular weight excluding hydrogens is 603 g/mol. The molecule has 3 aromatic rings. The molecule has 44 heavy (non-hydrogen) atoms. The summed E-state index contributed by atoms with van der Waals surface area (Å²) in [4.78, 5) is 18.1. The molecule has 2 N–H and O–H groups in total. The van der Waals surface area contributed by atoms with Crippen LogP contribution in [0.4, 0.5) is 47.0 Å². The Morgan fingerprint density at radius 3 is 2.52 bits per heavy atom. The van der Waals surface area contributed by atoms with E-state index >= 15 is 0 Å². The number of carbonyl (C=O) groups excluding carboxylic acids is 1. The van der Waals surface area contributed by atoms with Gasteiger partial charge in [0.1, 0.15) is 22.8 Å². The van der Waals surface area contributed by atoms with Gasteiger partial charge in [0, 0.05) is 18.2 Å². The second-order valence-corrected chi connectivity index (χ2v) is 11.4. The Bertz CT molecular complexity index is 1610. The number of ether oxygens (including phenoxy) is 1. The van der Waals surface area contributed by atoms with Gasteiger partial charge in [0.2, 0.25) is 0 Å². The van der Waals surface area contributed by atoms with Crippen molar-refractivity contribution >= 4 is 23.7 Å². The Morgan fingerprint density at radius 2 is 1.86 bits per heavy atom. The van der Waals surface area contributed by atoms with Crippen LogP contribution in [0.1, 0.15) is 62.6 Å². The van der Waals surface area contributed by atoms with Crippen LogP contribution >= 0.6 is 0 Å². The second-order valence-electron chi connectivity index (χ2n) is 11.4. The van der Waals surface area contributed by atoms with E-state index in [9.17, 15) is 40.6 Å². The highest BCUT2D eigenvalue weighted by molar-refractivity contribution is 5.90. The van der Waals surface area contributed by atoms with Gasteiger partial charge in [0.05, 0.1) is 5.69 Å². The number of pyridine rings is 1. The fourth-order valence-corrected chi connectivity index (χ4v) is 5.10.